The standard InChI is InChI=1S/C15H32O3/c1-13(8-12-16)7-5-10-15(4,18)11-6-9-14(2,3)17/h13,16-18H,5-12H2,1-4H3/t13-,15+/m0/s1. The first kappa shape index (κ1) is 17.9. The van der Waals surface area contributed by atoms with Crippen molar-refractivity contribution < 1.29 is 15.3 Å². The third-order valence-corrected chi connectivity index (χ3v) is 3.54. The molecule has 0 aliphatic carbocycles. The molecular formula is C15H32O3. The van der Waals surface area contributed by atoms with Crippen LogP contribution in [0.5, 0.6) is 0 Å². The highest BCUT2D eigenvalue weighted by atomic mass is 16.3. The first-order chi connectivity index (χ1) is 8.16. The van der Waals surface area contributed by atoms with E-state index in [1.54, 1.807) is 13.8 Å². The van der Waals surface area contributed by atoms with Gasteiger partial charge in [0.2, 0.25) is 0 Å². The van der Waals surface area contributed by atoms with Crippen LogP contribution in [0.4, 0.5) is 0 Å². The van der Waals surface area contributed by atoms with Crippen LogP contribution in [-0.4, -0.2) is 33.1 Å². The van der Waals surface area contributed by atoms with Crippen LogP contribution < -0.4 is 0 Å². The molecule has 0 bridgehead atoms. The molecule has 0 aromatic rings. The normalized spacial score (nSPS) is 17.5. The topological polar surface area (TPSA) is 60.7 Å². The second-order valence-electron chi connectivity index (χ2n) is 6.67. The van der Waals surface area contributed by atoms with Crippen molar-refractivity contribution in [1.82, 2.24) is 0 Å². The van der Waals surface area contributed by atoms with E-state index < -0.39 is 11.2 Å². The van der Waals surface area contributed by atoms with Crippen LogP contribution in [0.3, 0.4) is 0 Å². The molecule has 18 heavy (non-hydrogen) atoms. The number of aliphatic hydroxyl groups is 3. The summed E-state index contributed by atoms with van der Waals surface area (Å²) in [6.45, 7) is 7.88. The van der Waals surface area contributed by atoms with Gasteiger partial charge in [0.05, 0.1) is 11.2 Å². The van der Waals surface area contributed by atoms with Crippen molar-refractivity contribution in [3.63, 3.8) is 0 Å². The molecule has 0 aromatic heterocycles. The fraction of sp³-hybridized carbons (Fsp3) is 1.00. The van der Waals surface area contributed by atoms with Crippen LogP contribution >= 0.6 is 0 Å². The summed E-state index contributed by atoms with van der Waals surface area (Å²) in [5.41, 5.74) is -1.25. The first-order valence-electron chi connectivity index (χ1n) is 7.22. The van der Waals surface area contributed by atoms with Crippen LogP contribution in [0.15, 0.2) is 0 Å². The molecule has 0 aliphatic heterocycles. The van der Waals surface area contributed by atoms with Gasteiger partial charge in [0.25, 0.3) is 0 Å². The molecule has 110 valence electrons. The largest absolute Gasteiger partial charge is 0.396 e. The lowest BCUT2D eigenvalue weighted by Crippen LogP contribution is -2.26. The van der Waals surface area contributed by atoms with Crippen LogP contribution in [0.1, 0.15) is 72.6 Å². The maximum Gasteiger partial charge on any atom is 0.0619 e. The minimum atomic E-state index is -0.633. The molecule has 2 atom stereocenters. The van der Waals surface area contributed by atoms with Gasteiger partial charge in [-0.05, 0) is 58.8 Å². The maximum atomic E-state index is 10.2. The van der Waals surface area contributed by atoms with Crippen molar-refractivity contribution in [1.29, 1.82) is 0 Å². The van der Waals surface area contributed by atoms with Crippen molar-refractivity contribution >= 4 is 0 Å². The molecule has 3 N–H and O–H groups in total. The molecule has 0 unspecified atom stereocenters. The second kappa shape index (κ2) is 8.13. The van der Waals surface area contributed by atoms with Crippen LogP contribution in [-0.2, 0) is 0 Å². The van der Waals surface area contributed by atoms with Gasteiger partial charge in [-0.2, -0.15) is 0 Å². The Labute approximate surface area is 112 Å². The predicted octanol–water partition coefficient (Wildman–Crippen LogP) is 2.87. The minimum Gasteiger partial charge on any atom is -0.396 e. The average molecular weight is 260 g/mol. The van der Waals surface area contributed by atoms with E-state index in [9.17, 15) is 10.2 Å². The zero-order chi connectivity index (χ0) is 14.2. The van der Waals surface area contributed by atoms with Crippen molar-refractivity contribution in [3.05, 3.63) is 0 Å². The van der Waals surface area contributed by atoms with Crippen molar-refractivity contribution in [2.75, 3.05) is 6.61 Å². The third kappa shape index (κ3) is 11.0. The second-order valence-corrected chi connectivity index (χ2v) is 6.67. The number of hydrogen-bond donors (Lipinski definition) is 3. The Morgan fingerprint density at radius 3 is 1.94 bits per heavy atom. The molecule has 0 radical (unpaired) electrons. The Kier molecular flexibility index (Phi) is 8.08. The van der Waals surface area contributed by atoms with Crippen molar-refractivity contribution in [2.45, 2.75) is 83.8 Å². The number of rotatable bonds is 10. The molecule has 0 amide bonds. The first-order valence-corrected chi connectivity index (χ1v) is 7.22. The molecule has 3 nitrogen and oxygen atoms in total. The highest BCUT2D eigenvalue weighted by molar-refractivity contribution is 4.75. The van der Waals surface area contributed by atoms with E-state index in [0.717, 1.165) is 44.9 Å². The molecule has 0 fully saturated rings. The van der Waals surface area contributed by atoms with E-state index in [2.05, 4.69) is 6.92 Å². The summed E-state index contributed by atoms with van der Waals surface area (Å²) in [7, 11) is 0. The maximum absolute atomic E-state index is 10.2. The predicted molar refractivity (Wildman–Crippen MR) is 75.5 cm³/mol. The summed E-state index contributed by atoms with van der Waals surface area (Å²) in [4.78, 5) is 0. The van der Waals surface area contributed by atoms with Crippen LogP contribution in [0.25, 0.3) is 0 Å². The Bertz CT molecular complexity index is 206. The summed E-state index contributed by atoms with van der Waals surface area (Å²) in [5, 5.41) is 28.7. The van der Waals surface area contributed by atoms with Gasteiger partial charge < -0.3 is 15.3 Å². The van der Waals surface area contributed by atoms with Gasteiger partial charge in [-0.1, -0.05) is 19.8 Å². The van der Waals surface area contributed by atoms with E-state index in [4.69, 9.17) is 5.11 Å². The molecule has 0 heterocycles. The molecule has 0 spiro atoms. The lowest BCUT2D eigenvalue weighted by atomic mass is 9.88. The Morgan fingerprint density at radius 2 is 1.44 bits per heavy atom. The fourth-order valence-electron chi connectivity index (χ4n) is 2.22. The zero-order valence-electron chi connectivity index (χ0n) is 12.6. The molecule has 0 saturated heterocycles. The SMILES string of the molecule is C[C@H](CCO)CCC[C@@](C)(O)CCCC(C)(C)O. The quantitative estimate of drug-likeness (QED) is 0.566. The summed E-state index contributed by atoms with van der Waals surface area (Å²) < 4.78 is 0. The van der Waals surface area contributed by atoms with Gasteiger partial charge >= 0.3 is 0 Å². The van der Waals surface area contributed by atoms with Crippen LogP contribution in [0, 0.1) is 5.92 Å². The highest BCUT2D eigenvalue weighted by Gasteiger charge is 2.21. The lowest BCUT2D eigenvalue weighted by molar-refractivity contribution is 0.0214. The van der Waals surface area contributed by atoms with Crippen LogP contribution in [0.2, 0.25) is 0 Å². The van der Waals surface area contributed by atoms with E-state index in [0.29, 0.717) is 5.92 Å². The summed E-state index contributed by atoms with van der Waals surface area (Å²) in [6, 6.07) is 0. The molecular weight excluding hydrogens is 228 g/mol. The lowest BCUT2D eigenvalue weighted by Gasteiger charge is -2.25. The van der Waals surface area contributed by atoms with E-state index >= 15 is 0 Å². The minimum absolute atomic E-state index is 0.253. The monoisotopic (exact) mass is 260 g/mol. The Morgan fingerprint density at radius 1 is 0.889 bits per heavy atom. The van der Waals surface area contributed by atoms with E-state index in [1.165, 1.54) is 0 Å². The van der Waals surface area contributed by atoms with E-state index in [1.807, 2.05) is 6.92 Å². The molecule has 0 rings (SSSR count). The summed E-state index contributed by atoms with van der Waals surface area (Å²) in [6.07, 6.45) is 6.02. The van der Waals surface area contributed by atoms with E-state index in [-0.39, 0.29) is 6.61 Å². The molecule has 0 saturated carbocycles. The summed E-state index contributed by atoms with van der Waals surface area (Å²) in [5.74, 6) is 0.530. The van der Waals surface area contributed by atoms with Gasteiger partial charge in [0, 0.05) is 6.61 Å². The Balaban J connectivity index is 3.73. The molecule has 0 aliphatic rings. The fourth-order valence-corrected chi connectivity index (χ4v) is 2.22. The van der Waals surface area contributed by atoms with Gasteiger partial charge in [-0.15, -0.1) is 0 Å². The third-order valence-electron chi connectivity index (χ3n) is 3.54. The van der Waals surface area contributed by atoms with Gasteiger partial charge in [0.15, 0.2) is 0 Å². The van der Waals surface area contributed by atoms with Gasteiger partial charge in [-0.25, -0.2) is 0 Å². The summed E-state index contributed by atoms with van der Waals surface area (Å²) >= 11 is 0. The average Bonchev–Trinajstić information content (AvgIpc) is 2.14. The number of hydrogen-bond acceptors (Lipinski definition) is 3. The highest BCUT2D eigenvalue weighted by Crippen LogP contribution is 2.24. The molecule has 0 aromatic carbocycles. The zero-order valence-corrected chi connectivity index (χ0v) is 12.6. The smallest absolute Gasteiger partial charge is 0.0619 e. The Hall–Kier alpha value is -0.120. The van der Waals surface area contributed by atoms with Gasteiger partial charge in [0.1, 0.15) is 0 Å². The number of aliphatic hydroxyl groups excluding tert-OH is 1. The molecule has 3 heteroatoms. The van der Waals surface area contributed by atoms with Crippen molar-refractivity contribution in [2.24, 2.45) is 5.92 Å². The van der Waals surface area contributed by atoms with Crippen molar-refractivity contribution in [3.8, 4) is 0 Å². The van der Waals surface area contributed by atoms with Gasteiger partial charge in [-0.3, -0.25) is 0 Å².